The number of nitrogens with zero attached hydrogens (tertiary/aromatic N) is 3. The quantitative estimate of drug-likeness (QED) is 0.895. The molecule has 1 saturated carbocycles. The summed E-state index contributed by atoms with van der Waals surface area (Å²) in [5.41, 5.74) is 2.23. The summed E-state index contributed by atoms with van der Waals surface area (Å²) < 4.78 is 1.86. The van der Waals surface area contributed by atoms with E-state index < -0.39 is 0 Å². The molecule has 5 heteroatoms. The Bertz CT molecular complexity index is 447. The van der Waals surface area contributed by atoms with Gasteiger partial charge in [0.25, 0.3) is 0 Å². The lowest BCUT2D eigenvalue weighted by atomic mass is 10.3. The van der Waals surface area contributed by atoms with Crippen molar-refractivity contribution in [3.63, 3.8) is 0 Å². The molecule has 1 N–H and O–H groups in total. The van der Waals surface area contributed by atoms with E-state index in [1.165, 1.54) is 12.8 Å². The highest BCUT2D eigenvalue weighted by Gasteiger charge is 2.35. The number of nitrogens with one attached hydrogen (secondary N) is 1. The van der Waals surface area contributed by atoms with E-state index in [0.717, 1.165) is 40.7 Å². The van der Waals surface area contributed by atoms with E-state index in [2.05, 4.69) is 22.3 Å². The average Bonchev–Trinajstić information content (AvgIpc) is 2.96. The van der Waals surface area contributed by atoms with Gasteiger partial charge in [-0.15, -0.1) is 0 Å². The number of anilines is 1. The molecule has 0 amide bonds. The van der Waals surface area contributed by atoms with Crippen LogP contribution in [0.5, 0.6) is 0 Å². The number of aryl methyl sites for hydroxylation is 2. The third-order valence-corrected chi connectivity index (χ3v) is 4.60. The van der Waals surface area contributed by atoms with Gasteiger partial charge >= 0.3 is 0 Å². The number of aliphatic imine (C=N–C) groups is 1. The lowest BCUT2D eigenvalue weighted by molar-refractivity contribution is 0.746. The fourth-order valence-corrected chi connectivity index (χ4v) is 3.41. The number of rotatable bonds is 3. The predicted molar refractivity (Wildman–Crippen MR) is 72.6 cm³/mol. The Morgan fingerprint density at radius 3 is 3.06 bits per heavy atom. The zero-order chi connectivity index (χ0) is 11.8. The van der Waals surface area contributed by atoms with Gasteiger partial charge in [0.1, 0.15) is 0 Å². The minimum atomic E-state index is 0.722. The van der Waals surface area contributed by atoms with Crippen molar-refractivity contribution in [1.29, 1.82) is 0 Å². The molecule has 1 aromatic rings. The highest BCUT2D eigenvalue weighted by Crippen LogP contribution is 2.42. The normalized spacial score (nSPS) is 23.9. The van der Waals surface area contributed by atoms with Crippen LogP contribution in [-0.4, -0.2) is 26.7 Å². The molecule has 1 unspecified atom stereocenters. The summed E-state index contributed by atoms with van der Waals surface area (Å²) in [6, 6.07) is 0. The first kappa shape index (κ1) is 11.1. The summed E-state index contributed by atoms with van der Waals surface area (Å²) >= 11 is 1.91. The third-order valence-electron chi connectivity index (χ3n) is 3.31. The van der Waals surface area contributed by atoms with Crippen LogP contribution in [0.2, 0.25) is 0 Å². The molecule has 1 atom stereocenters. The third kappa shape index (κ3) is 2.34. The number of amidine groups is 1. The number of hydrogen-bond donors (Lipinski definition) is 1. The predicted octanol–water partition coefficient (Wildman–Crippen LogP) is 2.28. The maximum Gasteiger partial charge on any atom is 0.161 e. The van der Waals surface area contributed by atoms with Crippen LogP contribution in [0.3, 0.4) is 0 Å². The van der Waals surface area contributed by atoms with Crippen LogP contribution < -0.4 is 5.32 Å². The lowest BCUT2D eigenvalue weighted by Gasteiger charge is -2.07. The van der Waals surface area contributed by atoms with Crippen molar-refractivity contribution < 1.29 is 0 Å². The molecule has 4 nitrogen and oxygen atoms in total. The van der Waals surface area contributed by atoms with Crippen LogP contribution >= 0.6 is 11.8 Å². The van der Waals surface area contributed by atoms with Gasteiger partial charge in [-0.25, -0.2) is 0 Å². The second-order valence-corrected chi connectivity index (χ2v) is 6.01. The molecule has 2 aliphatic rings. The fraction of sp³-hybridized carbons (Fsp3) is 0.667. The molecule has 0 aromatic carbocycles. The standard InChI is InChI=1S/C12H18N4S/c1-3-9-10(7-16(2)15-9)14-12-13-6-11(17-12)8-4-5-8/h7-8,11H,3-6H2,1-2H3,(H,13,14). The molecule has 17 heavy (non-hydrogen) atoms. The fourth-order valence-electron chi connectivity index (χ4n) is 2.19. The molecule has 92 valence electrons. The molecule has 1 aliphatic heterocycles. The van der Waals surface area contributed by atoms with E-state index in [9.17, 15) is 0 Å². The highest BCUT2D eigenvalue weighted by molar-refractivity contribution is 8.15. The highest BCUT2D eigenvalue weighted by atomic mass is 32.2. The molecule has 0 radical (unpaired) electrons. The Kier molecular flexibility index (Phi) is 2.86. The van der Waals surface area contributed by atoms with Gasteiger partial charge in [0.2, 0.25) is 0 Å². The minimum absolute atomic E-state index is 0.722. The molecule has 0 spiro atoms. The smallest absolute Gasteiger partial charge is 0.161 e. The van der Waals surface area contributed by atoms with Crippen LogP contribution in [0.1, 0.15) is 25.5 Å². The molecule has 0 saturated heterocycles. The lowest BCUT2D eigenvalue weighted by Crippen LogP contribution is -2.09. The molecule has 1 fully saturated rings. The monoisotopic (exact) mass is 250 g/mol. The van der Waals surface area contributed by atoms with Gasteiger partial charge in [-0.2, -0.15) is 5.10 Å². The van der Waals surface area contributed by atoms with Gasteiger partial charge in [-0.05, 0) is 25.2 Å². The zero-order valence-corrected chi connectivity index (χ0v) is 11.1. The van der Waals surface area contributed by atoms with E-state index in [1.54, 1.807) is 0 Å². The average molecular weight is 250 g/mol. The van der Waals surface area contributed by atoms with E-state index in [0.29, 0.717) is 0 Å². The number of hydrogen-bond acceptors (Lipinski definition) is 4. The first-order valence-electron chi connectivity index (χ1n) is 6.27. The van der Waals surface area contributed by atoms with Crippen LogP contribution in [-0.2, 0) is 13.5 Å². The SMILES string of the molecule is CCc1nn(C)cc1NC1=NCC(C2CC2)S1. The molecular weight excluding hydrogens is 232 g/mol. The first-order chi connectivity index (χ1) is 8.26. The van der Waals surface area contributed by atoms with Gasteiger partial charge < -0.3 is 5.32 Å². The van der Waals surface area contributed by atoms with E-state index in [-0.39, 0.29) is 0 Å². The molecule has 1 aromatic heterocycles. The van der Waals surface area contributed by atoms with Crippen molar-refractivity contribution in [2.24, 2.45) is 18.0 Å². The van der Waals surface area contributed by atoms with Crippen molar-refractivity contribution in [2.45, 2.75) is 31.4 Å². The Morgan fingerprint density at radius 1 is 1.53 bits per heavy atom. The Labute approximate surface area is 106 Å². The van der Waals surface area contributed by atoms with Crippen LogP contribution in [0, 0.1) is 5.92 Å². The van der Waals surface area contributed by atoms with E-state index in [1.807, 2.05) is 29.7 Å². The summed E-state index contributed by atoms with van der Waals surface area (Å²) in [7, 11) is 1.96. The van der Waals surface area contributed by atoms with Crippen LogP contribution in [0.4, 0.5) is 5.69 Å². The van der Waals surface area contributed by atoms with Crippen molar-refractivity contribution in [3.05, 3.63) is 11.9 Å². The molecular formula is C12H18N4S. The molecule has 2 heterocycles. The summed E-state index contributed by atoms with van der Waals surface area (Å²) in [4.78, 5) is 4.59. The second-order valence-electron chi connectivity index (χ2n) is 4.78. The summed E-state index contributed by atoms with van der Waals surface area (Å²) in [6.45, 7) is 3.11. The largest absolute Gasteiger partial charge is 0.332 e. The Balaban J connectivity index is 1.66. The zero-order valence-electron chi connectivity index (χ0n) is 10.3. The molecule has 1 aliphatic carbocycles. The van der Waals surface area contributed by atoms with Gasteiger partial charge in [-0.1, -0.05) is 18.7 Å². The summed E-state index contributed by atoms with van der Waals surface area (Å²) in [6.07, 6.45) is 5.78. The van der Waals surface area contributed by atoms with Crippen molar-refractivity contribution in [3.8, 4) is 0 Å². The van der Waals surface area contributed by atoms with Crippen LogP contribution in [0.15, 0.2) is 11.2 Å². The van der Waals surface area contributed by atoms with Gasteiger partial charge in [-0.3, -0.25) is 9.67 Å². The van der Waals surface area contributed by atoms with Gasteiger partial charge in [0, 0.05) is 18.5 Å². The molecule has 0 bridgehead atoms. The maximum absolute atomic E-state index is 4.59. The maximum atomic E-state index is 4.59. The van der Waals surface area contributed by atoms with Gasteiger partial charge in [0.15, 0.2) is 5.17 Å². The van der Waals surface area contributed by atoms with Crippen LogP contribution in [0.25, 0.3) is 0 Å². The van der Waals surface area contributed by atoms with E-state index >= 15 is 0 Å². The summed E-state index contributed by atoms with van der Waals surface area (Å²) in [5.74, 6) is 0.919. The van der Waals surface area contributed by atoms with Gasteiger partial charge in [0.05, 0.1) is 17.9 Å². The molecule has 3 rings (SSSR count). The van der Waals surface area contributed by atoms with E-state index in [4.69, 9.17) is 0 Å². The number of thioether (sulfide) groups is 1. The number of aromatic nitrogens is 2. The Morgan fingerprint density at radius 2 is 2.35 bits per heavy atom. The Hall–Kier alpha value is -0.970. The summed E-state index contributed by atoms with van der Waals surface area (Å²) in [5, 5.41) is 9.65. The topological polar surface area (TPSA) is 42.2 Å². The van der Waals surface area contributed by atoms with Crippen molar-refractivity contribution in [1.82, 2.24) is 9.78 Å². The minimum Gasteiger partial charge on any atom is -0.332 e. The second kappa shape index (κ2) is 4.37. The van der Waals surface area contributed by atoms with Crippen molar-refractivity contribution >= 4 is 22.6 Å². The van der Waals surface area contributed by atoms with Crippen molar-refractivity contribution in [2.75, 3.05) is 11.9 Å². The first-order valence-corrected chi connectivity index (χ1v) is 7.15.